The standard InChI is InChI=1S/2C4H11NO2.H2O4S/c2*6-3-1-5-2-4-7;1-5(2,3)4/h2*5-7H,1-4H2;(H2,1,2,3,4). The third kappa shape index (κ3) is 74.0. The molecule has 0 saturated carbocycles. The molecule has 0 aliphatic carbocycles. The molecule has 8 N–H and O–H groups in total. The highest BCUT2D eigenvalue weighted by atomic mass is 32.3. The van der Waals surface area contributed by atoms with Crippen LogP contribution in [0.1, 0.15) is 0 Å². The molecule has 0 rings (SSSR count). The number of aliphatic hydroxyl groups excluding tert-OH is 4. The summed E-state index contributed by atoms with van der Waals surface area (Å²) in [5, 5.41) is 36.4. The first-order valence-electron chi connectivity index (χ1n) is 5.56. The summed E-state index contributed by atoms with van der Waals surface area (Å²) in [4.78, 5) is 0. The molecule has 19 heavy (non-hydrogen) atoms. The van der Waals surface area contributed by atoms with Crippen molar-refractivity contribution in [3.63, 3.8) is 0 Å². The van der Waals surface area contributed by atoms with Gasteiger partial charge in [-0.25, -0.2) is 0 Å². The molecular formula is C8H24N2O8S. The highest BCUT2D eigenvalue weighted by Gasteiger charge is 1.82. The van der Waals surface area contributed by atoms with E-state index in [9.17, 15) is 0 Å². The molecule has 0 saturated heterocycles. The van der Waals surface area contributed by atoms with Crippen LogP contribution in [-0.4, -0.2) is 90.6 Å². The monoisotopic (exact) mass is 308 g/mol. The van der Waals surface area contributed by atoms with Crippen molar-refractivity contribution in [1.29, 1.82) is 0 Å². The lowest BCUT2D eigenvalue weighted by molar-refractivity contribution is -0.657. The van der Waals surface area contributed by atoms with Crippen molar-refractivity contribution in [2.24, 2.45) is 0 Å². The lowest BCUT2D eigenvalue weighted by Crippen LogP contribution is -2.85. The van der Waals surface area contributed by atoms with Crippen molar-refractivity contribution in [1.82, 2.24) is 0 Å². The smallest absolute Gasteiger partial charge is 0.0991 e. The Balaban J connectivity index is -0.000000206. The maximum absolute atomic E-state index is 8.52. The minimum Gasteiger partial charge on any atom is -0.759 e. The molecular weight excluding hydrogens is 284 g/mol. The van der Waals surface area contributed by atoms with Crippen molar-refractivity contribution < 1.29 is 48.6 Å². The van der Waals surface area contributed by atoms with Gasteiger partial charge in [0, 0.05) is 10.4 Å². The van der Waals surface area contributed by atoms with Crippen molar-refractivity contribution in [2.75, 3.05) is 52.6 Å². The zero-order valence-electron chi connectivity index (χ0n) is 10.6. The van der Waals surface area contributed by atoms with Gasteiger partial charge in [-0.2, -0.15) is 0 Å². The predicted octanol–water partition coefficient (Wildman–Crippen LogP) is -6.27. The molecule has 0 bridgehead atoms. The van der Waals surface area contributed by atoms with E-state index in [0.717, 1.165) is 0 Å². The molecule has 0 amide bonds. The van der Waals surface area contributed by atoms with Gasteiger partial charge in [0.2, 0.25) is 0 Å². The fourth-order valence-corrected chi connectivity index (χ4v) is 0.654. The van der Waals surface area contributed by atoms with Crippen LogP contribution in [0.2, 0.25) is 0 Å². The Kier molecular flexibility index (Phi) is 24.9. The Morgan fingerprint density at radius 1 is 0.684 bits per heavy atom. The van der Waals surface area contributed by atoms with Gasteiger partial charge >= 0.3 is 0 Å². The first-order chi connectivity index (χ1) is 8.83. The van der Waals surface area contributed by atoms with E-state index in [-0.39, 0.29) is 26.4 Å². The van der Waals surface area contributed by atoms with Gasteiger partial charge in [0.05, 0.1) is 52.6 Å². The van der Waals surface area contributed by atoms with Gasteiger partial charge in [-0.1, -0.05) is 0 Å². The minimum atomic E-state index is -5.17. The number of aliphatic hydroxyl groups is 4. The van der Waals surface area contributed by atoms with E-state index in [1.165, 1.54) is 0 Å². The van der Waals surface area contributed by atoms with Crippen molar-refractivity contribution in [3.8, 4) is 0 Å². The second-order valence-electron chi connectivity index (χ2n) is 3.03. The highest BCUT2D eigenvalue weighted by molar-refractivity contribution is 7.79. The van der Waals surface area contributed by atoms with Crippen molar-refractivity contribution in [3.05, 3.63) is 0 Å². The predicted molar refractivity (Wildman–Crippen MR) is 62.1 cm³/mol. The first kappa shape index (κ1) is 23.7. The second kappa shape index (κ2) is 20.0. The topological polar surface area (TPSA) is 194 Å². The van der Waals surface area contributed by atoms with Crippen LogP contribution < -0.4 is 10.6 Å². The highest BCUT2D eigenvalue weighted by Crippen LogP contribution is 1.57. The van der Waals surface area contributed by atoms with Gasteiger partial charge in [0.1, 0.15) is 0 Å². The van der Waals surface area contributed by atoms with Crippen LogP contribution in [-0.2, 0) is 10.4 Å². The van der Waals surface area contributed by atoms with Crippen molar-refractivity contribution >= 4 is 10.4 Å². The maximum Gasteiger partial charge on any atom is 0.0991 e. The average Bonchev–Trinajstić information content (AvgIpc) is 2.29. The maximum atomic E-state index is 8.52. The summed E-state index contributed by atoms with van der Waals surface area (Å²) in [5.74, 6) is 0. The Hall–Kier alpha value is -0.370. The number of hydrogen-bond acceptors (Lipinski definition) is 8. The van der Waals surface area contributed by atoms with Crippen LogP contribution in [0.5, 0.6) is 0 Å². The molecule has 0 heterocycles. The minimum absolute atomic E-state index is 0.194. The molecule has 120 valence electrons. The first-order valence-corrected chi connectivity index (χ1v) is 6.90. The van der Waals surface area contributed by atoms with E-state index in [0.29, 0.717) is 26.2 Å². The van der Waals surface area contributed by atoms with Crippen LogP contribution in [0.25, 0.3) is 0 Å². The molecule has 0 aromatic heterocycles. The van der Waals surface area contributed by atoms with Crippen LogP contribution in [0.15, 0.2) is 0 Å². The molecule has 0 aliphatic rings. The summed E-state index contributed by atoms with van der Waals surface area (Å²) < 4.78 is 34.1. The molecule has 0 spiro atoms. The van der Waals surface area contributed by atoms with E-state index in [1.54, 1.807) is 0 Å². The summed E-state index contributed by atoms with van der Waals surface area (Å²) in [6.07, 6.45) is 0. The Morgan fingerprint density at radius 3 is 0.947 bits per heavy atom. The molecule has 0 fully saturated rings. The SMILES string of the molecule is O=S(=O)([O-])[O-].OCC[NH2+]CCO.OCC[NH2+]CCO. The molecule has 0 aliphatic heterocycles. The summed E-state index contributed by atoms with van der Waals surface area (Å²) in [5.41, 5.74) is 0. The van der Waals surface area contributed by atoms with Gasteiger partial charge in [-0.15, -0.1) is 0 Å². The van der Waals surface area contributed by atoms with Gasteiger partial charge in [-0.3, -0.25) is 8.42 Å². The summed E-state index contributed by atoms with van der Waals surface area (Å²) in [6, 6.07) is 0. The molecule has 11 heteroatoms. The van der Waals surface area contributed by atoms with E-state index in [1.807, 2.05) is 10.6 Å². The third-order valence-electron chi connectivity index (χ3n) is 1.33. The lowest BCUT2D eigenvalue weighted by atomic mass is 10.6. The summed E-state index contributed by atoms with van der Waals surface area (Å²) >= 11 is 0. The fourth-order valence-electron chi connectivity index (χ4n) is 0.654. The Bertz CT molecular complexity index is 211. The molecule has 0 atom stereocenters. The molecule has 0 radical (unpaired) electrons. The van der Waals surface area contributed by atoms with Crippen molar-refractivity contribution in [2.45, 2.75) is 0 Å². The Morgan fingerprint density at radius 2 is 0.842 bits per heavy atom. The summed E-state index contributed by atoms with van der Waals surface area (Å²) in [7, 11) is -5.17. The van der Waals surface area contributed by atoms with Crippen LogP contribution >= 0.6 is 0 Å². The quantitative estimate of drug-likeness (QED) is 0.145. The number of quaternary nitrogens is 2. The van der Waals surface area contributed by atoms with Gasteiger partial charge in [-0.05, 0) is 0 Å². The van der Waals surface area contributed by atoms with Crippen LogP contribution in [0.4, 0.5) is 0 Å². The van der Waals surface area contributed by atoms with E-state index in [4.69, 9.17) is 37.9 Å². The van der Waals surface area contributed by atoms with Gasteiger partial charge in [0.25, 0.3) is 0 Å². The number of hydrogen-bond donors (Lipinski definition) is 6. The summed E-state index contributed by atoms with van der Waals surface area (Å²) in [6.45, 7) is 3.56. The molecule has 0 unspecified atom stereocenters. The number of rotatable bonds is 8. The molecule has 10 nitrogen and oxygen atoms in total. The van der Waals surface area contributed by atoms with E-state index in [2.05, 4.69) is 0 Å². The molecule has 0 aromatic rings. The number of nitrogens with two attached hydrogens (primary N) is 2. The van der Waals surface area contributed by atoms with Crippen LogP contribution in [0, 0.1) is 0 Å². The van der Waals surface area contributed by atoms with Crippen LogP contribution in [0.3, 0.4) is 0 Å². The molecule has 0 aromatic carbocycles. The largest absolute Gasteiger partial charge is 0.759 e. The van der Waals surface area contributed by atoms with E-state index >= 15 is 0 Å². The fraction of sp³-hybridized carbons (Fsp3) is 1.00. The lowest BCUT2D eigenvalue weighted by Gasteiger charge is -2.06. The van der Waals surface area contributed by atoms with Gasteiger partial charge in [0.15, 0.2) is 0 Å². The zero-order valence-corrected chi connectivity index (χ0v) is 11.5. The Labute approximate surface area is 112 Å². The average molecular weight is 308 g/mol. The van der Waals surface area contributed by atoms with Gasteiger partial charge < -0.3 is 40.2 Å². The normalized spacial score (nSPS) is 10.0. The second-order valence-corrected chi connectivity index (χ2v) is 3.85. The zero-order chi connectivity index (χ0) is 15.6. The third-order valence-corrected chi connectivity index (χ3v) is 1.33. The van der Waals surface area contributed by atoms with E-state index < -0.39 is 10.4 Å².